The number of fused-ring (bicyclic) bond motifs is 2. The Kier molecular flexibility index (Phi) is 6.37. The molecule has 7 nitrogen and oxygen atoms in total. The van der Waals surface area contributed by atoms with Crippen molar-refractivity contribution in [3.8, 4) is 34.8 Å². The lowest BCUT2D eigenvalue weighted by Gasteiger charge is -2.27. The van der Waals surface area contributed by atoms with Crippen molar-refractivity contribution in [1.29, 1.82) is 5.26 Å². The van der Waals surface area contributed by atoms with Gasteiger partial charge in [0.1, 0.15) is 24.0 Å². The first-order valence-corrected chi connectivity index (χ1v) is 12.0. The number of allylic oxidation sites excluding steroid dienone is 1. The minimum atomic E-state index is -0.504. The monoisotopic (exact) mass is 554 g/mol. The molecule has 2 aliphatic rings. The Morgan fingerprint density at radius 1 is 1.11 bits per heavy atom. The minimum Gasteiger partial charge on any atom is -0.490 e. The number of ether oxygens (including phenoxy) is 5. The molecule has 0 aliphatic carbocycles. The van der Waals surface area contributed by atoms with Crippen molar-refractivity contribution in [2.45, 2.75) is 19.4 Å². The summed E-state index contributed by atoms with van der Waals surface area (Å²) in [4.78, 5) is 0. The predicted molar refractivity (Wildman–Crippen MR) is 133 cm³/mol. The van der Waals surface area contributed by atoms with Crippen LogP contribution in [0.2, 0.25) is 5.02 Å². The summed E-state index contributed by atoms with van der Waals surface area (Å²) in [6, 6.07) is 17.0. The zero-order chi connectivity index (χ0) is 24.5. The Bertz CT molecular complexity index is 1380. The van der Waals surface area contributed by atoms with Crippen molar-refractivity contribution in [2.24, 2.45) is 5.73 Å². The molecular weight excluding hydrogens is 536 g/mol. The fraction of sp³-hybridized carbons (Fsp3) is 0.192. The van der Waals surface area contributed by atoms with Crippen LogP contribution >= 0.6 is 27.5 Å². The molecule has 3 aromatic rings. The second-order valence-corrected chi connectivity index (χ2v) is 9.14. The zero-order valence-corrected chi connectivity index (χ0v) is 21.0. The summed E-state index contributed by atoms with van der Waals surface area (Å²) in [5.74, 6) is 2.27. The first-order valence-electron chi connectivity index (χ1n) is 10.8. The van der Waals surface area contributed by atoms with E-state index in [4.69, 9.17) is 41.0 Å². The first kappa shape index (κ1) is 23.2. The molecule has 178 valence electrons. The second-order valence-electron chi connectivity index (χ2n) is 7.85. The van der Waals surface area contributed by atoms with Gasteiger partial charge in [-0.25, -0.2) is 0 Å². The van der Waals surface area contributed by atoms with Crippen molar-refractivity contribution >= 4 is 27.5 Å². The summed E-state index contributed by atoms with van der Waals surface area (Å²) in [5.41, 5.74) is 8.88. The second kappa shape index (κ2) is 9.61. The van der Waals surface area contributed by atoms with Crippen molar-refractivity contribution < 1.29 is 23.7 Å². The Morgan fingerprint density at radius 2 is 1.91 bits per heavy atom. The molecule has 0 aromatic heterocycles. The van der Waals surface area contributed by atoms with Crippen LogP contribution < -0.4 is 29.4 Å². The zero-order valence-electron chi connectivity index (χ0n) is 18.6. The average Bonchev–Trinajstić information content (AvgIpc) is 3.29. The highest BCUT2D eigenvalue weighted by Gasteiger charge is 2.34. The van der Waals surface area contributed by atoms with Gasteiger partial charge in [-0.2, -0.15) is 5.26 Å². The van der Waals surface area contributed by atoms with Gasteiger partial charge in [-0.05, 0) is 64.3 Å². The average molecular weight is 556 g/mol. The molecule has 0 spiro atoms. The summed E-state index contributed by atoms with van der Waals surface area (Å²) in [6.45, 7) is 2.74. The van der Waals surface area contributed by atoms with Gasteiger partial charge < -0.3 is 29.4 Å². The third kappa shape index (κ3) is 4.45. The van der Waals surface area contributed by atoms with Gasteiger partial charge in [-0.3, -0.25) is 0 Å². The lowest BCUT2D eigenvalue weighted by Crippen LogP contribution is -2.21. The Labute approximate surface area is 215 Å². The third-order valence-corrected chi connectivity index (χ3v) is 6.47. The molecule has 0 bridgehead atoms. The number of nitrogens with two attached hydrogens (primary N) is 1. The fourth-order valence-corrected chi connectivity index (χ4v) is 4.92. The number of rotatable bonds is 6. The number of nitrogens with zero attached hydrogens (tertiary/aromatic N) is 1. The summed E-state index contributed by atoms with van der Waals surface area (Å²) in [7, 11) is 0. The lowest BCUT2D eigenvalue weighted by atomic mass is 9.83. The van der Waals surface area contributed by atoms with Crippen LogP contribution in [0, 0.1) is 11.3 Å². The van der Waals surface area contributed by atoms with Crippen LogP contribution in [0.1, 0.15) is 29.5 Å². The molecule has 9 heteroatoms. The van der Waals surface area contributed by atoms with E-state index in [1.54, 1.807) is 6.07 Å². The van der Waals surface area contributed by atoms with Gasteiger partial charge in [-0.1, -0.05) is 23.7 Å². The molecular formula is C26H20BrClN2O5. The standard InChI is InChI=1S/C26H20BrClN2O5/c1-2-31-23-8-15(7-19(27)25(23)32-12-14-4-3-5-16(28)6-14)24-17-9-21-22(34-13-33-21)10-20(17)35-26(30)18(24)11-29/h3-10,24H,2,12-13,30H2,1H3/t24-/m0/s1. The Hall–Kier alpha value is -3.54. The maximum Gasteiger partial charge on any atom is 0.231 e. The van der Waals surface area contributed by atoms with Crippen LogP contribution in [0.4, 0.5) is 0 Å². The summed E-state index contributed by atoms with van der Waals surface area (Å²) in [5, 5.41) is 10.6. The molecule has 35 heavy (non-hydrogen) atoms. The smallest absolute Gasteiger partial charge is 0.231 e. The van der Waals surface area contributed by atoms with Crippen LogP contribution in [0.5, 0.6) is 28.7 Å². The van der Waals surface area contributed by atoms with Gasteiger partial charge in [-0.15, -0.1) is 0 Å². The summed E-state index contributed by atoms with van der Waals surface area (Å²) < 4.78 is 29.5. The van der Waals surface area contributed by atoms with E-state index < -0.39 is 5.92 Å². The molecule has 0 radical (unpaired) electrons. The summed E-state index contributed by atoms with van der Waals surface area (Å²) >= 11 is 9.74. The highest BCUT2D eigenvalue weighted by atomic mass is 79.9. The van der Waals surface area contributed by atoms with Gasteiger partial charge >= 0.3 is 0 Å². The molecule has 2 N–H and O–H groups in total. The molecule has 5 rings (SSSR count). The van der Waals surface area contributed by atoms with Crippen molar-refractivity contribution in [1.82, 2.24) is 0 Å². The summed E-state index contributed by atoms with van der Waals surface area (Å²) in [6.07, 6.45) is 0. The quantitative estimate of drug-likeness (QED) is 0.397. The first-order chi connectivity index (χ1) is 17.0. The number of halogens is 2. The third-order valence-electron chi connectivity index (χ3n) is 5.65. The maximum atomic E-state index is 9.94. The molecule has 2 heterocycles. The molecule has 1 atom stereocenters. The number of hydrogen-bond acceptors (Lipinski definition) is 7. The van der Waals surface area contributed by atoms with Gasteiger partial charge in [0.25, 0.3) is 0 Å². The fourth-order valence-electron chi connectivity index (χ4n) is 4.13. The number of hydrogen-bond donors (Lipinski definition) is 1. The Morgan fingerprint density at radius 3 is 2.66 bits per heavy atom. The van der Waals surface area contributed by atoms with Crippen LogP contribution in [0.15, 0.2) is 64.5 Å². The molecule has 0 fully saturated rings. The van der Waals surface area contributed by atoms with Crippen LogP contribution in [-0.4, -0.2) is 13.4 Å². The van der Waals surface area contributed by atoms with E-state index in [0.717, 1.165) is 16.7 Å². The van der Waals surface area contributed by atoms with Crippen LogP contribution in [0.25, 0.3) is 0 Å². The van der Waals surface area contributed by atoms with Gasteiger partial charge in [0.15, 0.2) is 23.0 Å². The van der Waals surface area contributed by atoms with E-state index in [0.29, 0.717) is 57.0 Å². The molecule has 0 saturated heterocycles. The highest BCUT2D eigenvalue weighted by Crippen LogP contribution is 2.50. The van der Waals surface area contributed by atoms with Crippen molar-refractivity contribution in [3.05, 3.63) is 86.2 Å². The van der Waals surface area contributed by atoms with Crippen molar-refractivity contribution in [3.63, 3.8) is 0 Å². The van der Waals surface area contributed by atoms with E-state index in [1.807, 2.05) is 49.4 Å². The molecule has 3 aromatic carbocycles. The maximum absolute atomic E-state index is 9.94. The topological polar surface area (TPSA) is 96.0 Å². The van der Waals surface area contributed by atoms with Gasteiger partial charge in [0.05, 0.1) is 17.0 Å². The minimum absolute atomic E-state index is 0.0410. The van der Waals surface area contributed by atoms with E-state index in [9.17, 15) is 5.26 Å². The van der Waals surface area contributed by atoms with Gasteiger partial charge in [0, 0.05) is 16.7 Å². The molecule has 0 saturated carbocycles. The van der Waals surface area contributed by atoms with Crippen LogP contribution in [-0.2, 0) is 6.61 Å². The van der Waals surface area contributed by atoms with E-state index >= 15 is 0 Å². The number of nitriles is 1. The normalized spacial score (nSPS) is 15.8. The molecule has 0 amide bonds. The lowest BCUT2D eigenvalue weighted by molar-refractivity contribution is 0.174. The van der Waals surface area contributed by atoms with Crippen LogP contribution in [0.3, 0.4) is 0 Å². The van der Waals surface area contributed by atoms with Gasteiger partial charge in [0.2, 0.25) is 12.7 Å². The SMILES string of the molecule is CCOc1cc([C@@H]2C(C#N)=C(N)Oc3cc4c(cc32)OCO4)cc(Br)c1OCc1cccc(Cl)c1. The van der Waals surface area contributed by atoms with E-state index in [1.165, 1.54) is 0 Å². The highest BCUT2D eigenvalue weighted by molar-refractivity contribution is 9.10. The predicted octanol–water partition coefficient (Wildman–Crippen LogP) is 6.03. The molecule has 2 aliphatic heterocycles. The number of benzene rings is 3. The Balaban J connectivity index is 1.57. The largest absolute Gasteiger partial charge is 0.490 e. The molecule has 0 unspecified atom stereocenters. The van der Waals surface area contributed by atoms with E-state index in [-0.39, 0.29) is 12.7 Å². The van der Waals surface area contributed by atoms with E-state index in [2.05, 4.69) is 22.0 Å². The van der Waals surface area contributed by atoms with Crippen molar-refractivity contribution in [2.75, 3.05) is 13.4 Å².